The van der Waals surface area contributed by atoms with Crippen LogP contribution in [0.2, 0.25) is 0 Å². The van der Waals surface area contributed by atoms with E-state index in [1.54, 1.807) is 20.8 Å². The van der Waals surface area contributed by atoms with Gasteiger partial charge in [0.1, 0.15) is 5.60 Å². The van der Waals surface area contributed by atoms with E-state index in [0.717, 1.165) is 11.1 Å². The Morgan fingerprint density at radius 3 is 2.39 bits per heavy atom. The van der Waals surface area contributed by atoms with Crippen LogP contribution in [-0.2, 0) is 9.53 Å². The van der Waals surface area contributed by atoms with E-state index >= 15 is 0 Å². The number of amides is 1. The molecule has 1 aromatic rings. The van der Waals surface area contributed by atoms with Gasteiger partial charge in [-0.25, -0.2) is 4.79 Å². The van der Waals surface area contributed by atoms with Crippen molar-refractivity contribution < 1.29 is 70.8 Å². The van der Waals surface area contributed by atoms with Gasteiger partial charge < -0.3 is 19.5 Å². The van der Waals surface area contributed by atoms with Gasteiger partial charge in [-0.3, -0.25) is 0 Å². The van der Waals surface area contributed by atoms with Crippen molar-refractivity contribution in [2.24, 2.45) is 5.92 Å². The minimum Gasteiger partial charge on any atom is -0.550 e. The Bertz CT molecular complexity index is 582. The van der Waals surface area contributed by atoms with Gasteiger partial charge in [0.05, 0.1) is 6.04 Å². The zero-order valence-electron chi connectivity index (χ0n) is 14.5. The number of aliphatic carboxylic acids is 1. The molecule has 0 N–H and O–H groups in total. The second-order valence-electron chi connectivity index (χ2n) is 6.69. The first kappa shape index (κ1) is 20.6. The molecule has 2 rings (SSSR count). The summed E-state index contributed by atoms with van der Waals surface area (Å²) in [5, 5.41) is 11.5. The Morgan fingerprint density at radius 1 is 1.26 bits per heavy atom. The minimum absolute atomic E-state index is 0. The first-order valence-electron chi connectivity index (χ1n) is 7.46. The Balaban J connectivity index is 0.00000264. The van der Waals surface area contributed by atoms with E-state index in [2.05, 4.69) is 0 Å². The number of hydrogen-bond acceptors (Lipinski definition) is 4. The zero-order valence-corrected chi connectivity index (χ0v) is 17.6. The Hall–Kier alpha value is -0.404. The maximum Gasteiger partial charge on any atom is 1.00 e. The van der Waals surface area contributed by atoms with Gasteiger partial charge in [0, 0.05) is 18.4 Å². The molecule has 1 aliphatic rings. The first-order valence-corrected chi connectivity index (χ1v) is 7.46. The molecule has 5 nitrogen and oxygen atoms in total. The van der Waals surface area contributed by atoms with Crippen molar-refractivity contribution in [3.8, 4) is 0 Å². The second-order valence-corrected chi connectivity index (χ2v) is 6.69. The molecule has 23 heavy (non-hydrogen) atoms. The summed E-state index contributed by atoms with van der Waals surface area (Å²) in [5.74, 6) is -1.84. The third kappa shape index (κ3) is 5.03. The van der Waals surface area contributed by atoms with Crippen LogP contribution in [0.25, 0.3) is 0 Å². The van der Waals surface area contributed by atoms with Crippen LogP contribution in [0, 0.1) is 12.8 Å². The van der Waals surface area contributed by atoms with Gasteiger partial charge in [-0.2, -0.15) is 0 Å². The zero-order chi connectivity index (χ0) is 16.5. The van der Waals surface area contributed by atoms with Crippen LogP contribution in [0.15, 0.2) is 24.3 Å². The van der Waals surface area contributed by atoms with E-state index in [9.17, 15) is 14.7 Å². The molecule has 0 bridgehead atoms. The van der Waals surface area contributed by atoms with Crippen molar-refractivity contribution in [2.75, 3.05) is 6.54 Å². The maximum absolute atomic E-state index is 12.4. The van der Waals surface area contributed by atoms with E-state index < -0.39 is 29.6 Å². The van der Waals surface area contributed by atoms with Crippen LogP contribution < -0.4 is 56.5 Å². The topological polar surface area (TPSA) is 69.7 Å². The molecule has 1 fully saturated rings. The molecule has 0 radical (unpaired) electrons. The van der Waals surface area contributed by atoms with Crippen LogP contribution in [0.5, 0.6) is 0 Å². The van der Waals surface area contributed by atoms with Gasteiger partial charge in [0.15, 0.2) is 0 Å². The fraction of sp³-hybridized carbons (Fsp3) is 0.529. The molecular weight excluding hydrogens is 321 g/mol. The maximum atomic E-state index is 12.4. The molecule has 2 unspecified atom stereocenters. The monoisotopic (exact) mass is 343 g/mol. The fourth-order valence-corrected chi connectivity index (χ4v) is 2.87. The second kappa shape index (κ2) is 8.12. The summed E-state index contributed by atoms with van der Waals surface area (Å²) >= 11 is 0. The Morgan fingerprint density at radius 2 is 1.87 bits per heavy atom. The molecule has 1 aliphatic heterocycles. The van der Waals surface area contributed by atoms with Crippen molar-refractivity contribution in [2.45, 2.75) is 45.8 Å². The third-order valence-electron chi connectivity index (χ3n) is 3.84. The van der Waals surface area contributed by atoms with Crippen molar-refractivity contribution in [1.82, 2.24) is 4.90 Å². The van der Waals surface area contributed by atoms with Crippen LogP contribution in [0.4, 0.5) is 4.79 Å². The predicted molar refractivity (Wildman–Crippen MR) is 80.0 cm³/mol. The van der Waals surface area contributed by atoms with Crippen LogP contribution >= 0.6 is 0 Å². The van der Waals surface area contributed by atoms with Gasteiger partial charge >= 0.3 is 57.5 Å². The third-order valence-corrected chi connectivity index (χ3v) is 3.84. The van der Waals surface area contributed by atoms with Gasteiger partial charge in [-0.15, -0.1) is 0 Å². The number of aryl methyl sites for hydroxylation is 1. The van der Waals surface area contributed by atoms with Gasteiger partial charge in [0.25, 0.3) is 0 Å². The predicted octanol–water partition coefficient (Wildman–Crippen LogP) is -0.953. The van der Waals surface area contributed by atoms with Gasteiger partial charge in [0.2, 0.25) is 0 Å². The fourth-order valence-electron chi connectivity index (χ4n) is 2.87. The van der Waals surface area contributed by atoms with Crippen molar-refractivity contribution >= 4 is 12.1 Å². The van der Waals surface area contributed by atoms with E-state index in [0.29, 0.717) is 13.0 Å². The number of carbonyl (C=O) groups is 2. The molecule has 2 atom stereocenters. The van der Waals surface area contributed by atoms with Gasteiger partial charge in [-0.1, -0.05) is 24.3 Å². The molecule has 0 aliphatic carbocycles. The molecule has 6 heteroatoms. The molecule has 0 saturated carbocycles. The molecule has 1 saturated heterocycles. The summed E-state index contributed by atoms with van der Waals surface area (Å²) in [4.78, 5) is 25.4. The molecule has 1 heterocycles. The van der Waals surface area contributed by atoms with Crippen molar-refractivity contribution in [3.63, 3.8) is 0 Å². The summed E-state index contributed by atoms with van der Waals surface area (Å²) < 4.78 is 5.41. The van der Waals surface area contributed by atoms with Crippen LogP contribution in [0.3, 0.4) is 0 Å². The summed E-state index contributed by atoms with van der Waals surface area (Å²) in [7, 11) is 0. The summed E-state index contributed by atoms with van der Waals surface area (Å²) in [6.07, 6.45) is -0.106. The number of carboxylic acid groups (broad SMARTS) is 1. The summed E-state index contributed by atoms with van der Waals surface area (Å²) in [6.45, 7) is 7.64. The molecule has 0 spiro atoms. The molecule has 0 aromatic heterocycles. The molecule has 1 amide bonds. The minimum atomic E-state index is -1.13. The van der Waals surface area contributed by atoms with Crippen molar-refractivity contribution in [1.29, 1.82) is 0 Å². The van der Waals surface area contributed by atoms with Crippen molar-refractivity contribution in [3.05, 3.63) is 35.4 Å². The van der Waals surface area contributed by atoms with Gasteiger partial charge in [-0.05, 0) is 45.2 Å². The number of benzene rings is 1. The van der Waals surface area contributed by atoms with Crippen LogP contribution in [0.1, 0.15) is 44.4 Å². The number of hydrogen-bond donors (Lipinski definition) is 0. The number of carbonyl (C=O) groups excluding carboxylic acids is 2. The van der Waals surface area contributed by atoms with E-state index in [4.69, 9.17) is 4.74 Å². The number of carboxylic acids is 1. The average Bonchev–Trinajstić information content (AvgIpc) is 2.82. The molecule has 120 valence electrons. The quantitative estimate of drug-likeness (QED) is 0.649. The Kier molecular flexibility index (Phi) is 7.28. The smallest absolute Gasteiger partial charge is 0.550 e. The van der Waals surface area contributed by atoms with Crippen LogP contribution in [-0.4, -0.2) is 29.1 Å². The largest absolute Gasteiger partial charge is 1.00 e. The molecule has 1 aromatic carbocycles. The number of rotatable bonds is 2. The molecular formula is C17H22KNO4. The van der Waals surface area contributed by atoms with E-state index in [1.165, 1.54) is 4.90 Å². The Labute approximate surface area is 179 Å². The summed E-state index contributed by atoms with van der Waals surface area (Å²) in [5.41, 5.74) is 1.17. The number of ether oxygens (including phenoxy) is 1. The number of likely N-dealkylation sites (tertiary alicyclic amines) is 1. The summed E-state index contributed by atoms with van der Waals surface area (Å²) in [6, 6.07) is 6.97. The van der Waals surface area contributed by atoms with E-state index in [1.807, 2.05) is 31.2 Å². The first-order chi connectivity index (χ1) is 10.2. The van der Waals surface area contributed by atoms with E-state index in [-0.39, 0.29) is 51.4 Å². The standard InChI is InChI=1S/C17H23NO4.K/c1-11-7-5-6-8-12(11)14-13(15(19)20)9-10-18(14)16(21)22-17(2,3)4;/h5-8,13-14H,9-10H2,1-4H3,(H,19,20);/q;+1/p-1. The normalized spacial score (nSPS) is 20.8. The average molecular weight is 343 g/mol. The number of nitrogens with zero attached hydrogens (tertiary/aromatic N) is 1. The SMILES string of the molecule is Cc1ccccc1C1C(C(=O)[O-])CCN1C(=O)OC(C)(C)C.[K+].